The Hall–Kier alpha value is -10.5. The number of hydrogen-bond acceptors (Lipinski definition) is 28. The van der Waals surface area contributed by atoms with Crippen molar-refractivity contribution >= 4 is 53.0 Å². The molecule has 7 aromatic heterocycles. The Labute approximate surface area is 879 Å². The number of nitrogens with one attached hydrogen (secondary N) is 7. The minimum absolute atomic E-state index is 0.00361. The summed E-state index contributed by atoms with van der Waals surface area (Å²) in [4.78, 5) is 145. The summed E-state index contributed by atoms with van der Waals surface area (Å²) < 4.78 is 30.7. The van der Waals surface area contributed by atoms with Gasteiger partial charge in [-0.1, -0.05) is 11.6 Å². The van der Waals surface area contributed by atoms with E-state index in [0.717, 1.165) is 216 Å². The fourth-order valence-electron chi connectivity index (χ4n) is 18.8. The maximum atomic E-state index is 13.8. The zero-order chi connectivity index (χ0) is 109. The quantitative estimate of drug-likeness (QED) is 0.0295. The van der Waals surface area contributed by atoms with Crippen molar-refractivity contribution in [3.63, 3.8) is 0 Å². The van der Waals surface area contributed by atoms with Crippen LogP contribution in [0.3, 0.4) is 0 Å². The van der Waals surface area contributed by atoms with Gasteiger partial charge in [0.05, 0.1) is 61.0 Å². The van der Waals surface area contributed by atoms with Gasteiger partial charge in [-0.05, 0) is 301 Å². The van der Waals surface area contributed by atoms with Gasteiger partial charge in [-0.3, -0.25) is 43.2 Å². The van der Waals surface area contributed by atoms with Gasteiger partial charge in [-0.2, -0.15) is 15.1 Å². The lowest BCUT2D eigenvalue weighted by Gasteiger charge is -2.41. The summed E-state index contributed by atoms with van der Waals surface area (Å²) >= 11 is 6.09. The van der Waals surface area contributed by atoms with E-state index in [0.29, 0.717) is 75.8 Å². The summed E-state index contributed by atoms with van der Waals surface area (Å²) in [6.45, 7) is 70.8. The van der Waals surface area contributed by atoms with Crippen LogP contribution in [0.5, 0.6) is 17.6 Å². The Kier molecular flexibility index (Phi) is 45.3. The number of amides is 7. The Morgan fingerprint density at radius 3 is 0.952 bits per heavy atom. The standard InChI is InChI=1S/C16H24ClN3O.C16H24FN3O2.C16H26N4O3.C16H26N4O.C15H26N4O.2C15H24N4O/c1-11(2)20-7-5-16(4,6-8-20)19-15(21)13-9-12(3)18-10-14(13)17;1-11(2)20-9-7-16(3,8-10-20)19-15(21)14-12(17)5-6-13(18-14)22-4;1-11(2)20-8-6-16(3,7-9-20)19-15(21)14-17-12(22-4)10-13(18-14)23-5;1-11(2)20-8-6-16(5,7-9-20)19-15(21)14-17-12(3)10-13(4)18-14;1-11(2)19-8-6-15(4,7-9-19)17-14(20)13-10-16-18(5)12(13)3;1-11(2)19-9-6-15(4,7-10-19)18-14(20)13-16-8-5-12(3)17-13;1-11(2)19-7-5-15(4,6-8-19)18-14(20)13-9-16-10-17-12(13)3/h9-11H,5-8H2,1-4H3,(H,19,21);5-6,11H,7-10H2,1-4H3,(H,19,21);10-11H,6-9H2,1-5H3,(H,19,21);10-11H,6-9H2,1-5H3,(H,19,21);10-11H,6-9H2,1-5H3,(H,17,20);5,8,11H,6-7,9-10H2,1-4H3,(H,18,20);9-11H,5-8H2,1-4H3,(H,18,20). The molecule has 147 heavy (non-hydrogen) atoms. The summed E-state index contributed by atoms with van der Waals surface area (Å²) in [5.74, 6) is -0.496. The van der Waals surface area contributed by atoms with Crippen LogP contribution in [0, 0.1) is 47.4 Å². The van der Waals surface area contributed by atoms with Crippen LogP contribution in [-0.2, 0) is 7.05 Å². The van der Waals surface area contributed by atoms with Crippen LogP contribution in [0.4, 0.5) is 4.39 Å². The highest BCUT2D eigenvalue weighted by Crippen LogP contribution is 2.33. The first-order valence-electron chi connectivity index (χ1n) is 52.6. The SMILES string of the molecule is COc1cc(OC)nc(C(=O)NC2(C)CCN(C(C)C)CC2)n1.COc1ccc(F)c(C(=O)NC2(C)CCN(C(C)C)CC2)n1.Cc1c(C(=O)NC2(C)CCN(C(C)C)CC2)cnn1C.Cc1cc(C(=O)NC2(C)CCN(C(C)C)CC2)c(Cl)cn1.Cc1cc(C)nc(C(=O)NC2(C)CCN(C(C)C)CC2)n1.Cc1ccnc(C(=O)NC2(C)CCN(C(C)C)CC2)n1.Cc1ncncc1C(=O)NC1(C)CCN(C(C)C)CC1. The van der Waals surface area contributed by atoms with Crippen LogP contribution in [0.25, 0.3) is 0 Å². The molecule has 7 aliphatic rings. The number of aryl methyl sites for hydroxylation is 6. The minimum atomic E-state index is -0.637. The third kappa shape index (κ3) is 37.3. The van der Waals surface area contributed by atoms with Crippen molar-refractivity contribution in [2.24, 2.45) is 7.05 Å². The lowest BCUT2D eigenvalue weighted by Crippen LogP contribution is -2.54. The maximum Gasteiger partial charge on any atom is 0.289 e. The number of rotatable bonds is 24. The average molecular weight is 2060 g/mol. The molecule has 0 aromatic carbocycles. The zero-order valence-electron chi connectivity index (χ0n) is 94.0. The number of piperidine rings is 7. The summed E-state index contributed by atoms with van der Waals surface area (Å²) in [5, 5.41) is 26.3. The van der Waals surface area contributed by atoms with E-state index in [1.165, 1.54) is 46.0 Å². The van der Waals surface area contributed by atoms with E-state index in [9.17, 15) is 38.0 Å². The molecular weight excluding hydrogens is 1890 g/mol. The van der Waals surface area contributed by atoms with Gasteiger partial charge in [-0.25, -0.2) is 39.3 Å². The van der Waals surface area contributed by atoms with Gasteiger partial charge in [0, 0.05) is 233 Å². The molecule has 0 spiro atoms. The Morgan fingerprint density at radius 1 is 0.333 bits per heavy atom. The van der Waals surface area contributed by atoms with E-state index < -0.39 is 11.7 Å². The predicted octanol–water partition coefficient (Wildman–Crippen LogP) is 14.1. The third-order valence-corrected chi connectivity index (χ3v) is 30.2. The summed E-state index contributed by atoms with van der Waals surface area (Å²) in [6.07, 6.45) is 21.0. The number of aromatic nitrogens is 12. The molecule has 14 rings (SSSR count). The normalized spacial score (nSPS) is 18.7. The fourth-order valence-corrected chi connectivity index (χ4v) is 19.0. The number of methoxy groups -OCH3 is 3. The Balaban J connectivity index is 0.000000209. The number of carbonyl (C=O) groups is 7. The van der Waals surface area contributed by atoms with E-state index in [4.69, 9.17) is 25.8 Å². The van der Waals surface area contributed by atoms with E-state index in [1.54, 1.807) is 41.5 Å². The second kappa shape index (κ2) is 54.8. The van der Waals surface area contributed by atoms with E-state index in [1.807, 2.05) is 61.6 Å². The lowest BCUT2D eigenvalue weighted by molar-refractivity contribution is 0.0781. The molecule has 0 radical (unpaired) electrons. The highest BCUT2D eigenvalue weighted by atomic mass is 35.5. The van der Waals surface area contributed by atoms with Gasteiger partial charge in [0.2, 0.25) is 35.1 Å². The van der Waals surface area contributed by atoms with Crippen molar-refractivity contribution in [2.75, 3.05) is 113 Å². The van der Waals surface area contributed by atoms with Gasteiger partial charge in [0.25, 0.3) is 41.4 Å². The molecule has 7 N–H and O–H groups in total. The molecule has 814 valence electrons. The Morgan fingerprint density at radius 2 is 0.639 bits per heavy atom. The first-order chi connectivity index (χ1) is 68.9. The molecule has 0 aliphatic carbocycles. The van der Waals surface area contributed by atoms with Crippen molar-refractivity contribution in [1.29, 1.82) is 0 Å². The first kappa shape index (κ1) is 122. The molecule has 38 heteroatoms. The van der Waals surface area contributed by atoms with Gasteiger partial charge >= 0.3 is 0 Å². The topological polar surface area (TPSA) is 401 Å². The van der Waals surface area contributed by atoms with Crippen molar-refractivity contribution in [3.05, 3.63) is 152 Å². The molecular formula is C109H174ClFN26O10. The minimum Gasteiger partial charge on any atom is -0.481 e. The molecule has 0 unspecified atom stereocenters. The summed E-state index contributed by atoms with van der Waals surface area (Å²) in [6, 6.07) is 13.4. The van der Waals surface area contributed by atoms with Crippen molar-refractivity contribution in [1.82, 2.24) is 131 Å². The molecule has 14 heterocycles. The largest absolute Gasteiger partial charge is 0.481 e. The number of hydrogen-bond donors (Lipinski definition) is 7. The van der Waals surface area contributed by atoms with E-state index in [2.05, 4.69) is 265 Å². The molecule has 0 saturated carbocycles. The van der Waals surface area contributed by atoms with Crippen LogP contribution in [0.15, 0.2) is 67.5 Å². The molecule has 7 fully saturated rings. The predicted molar refractivity (Wildman–Crippen MR) is 576 cm³/mol. The molecule has 7 saturated heterocycles. The summed E-state index contributed by atoms with van der Waals surface area (Å²) in [7, 11) is 6.28. The van der Waals surface area contributed by atoms with Crippen LogP contribution >= 0.6 is 11.6 Å². The number of halogens is 2. The van der Waals surface area contributed by atoms with E-state index in [-0.39, 0.29) is 103 Å². The Bertz CT molecular complexity index is 5390. The van der Waals surface area contributed by atoms with Crippen LogP contribution in [0.1, 0.15) is 343 Å². The first-order valence-corrected chi connectivity index (χ1v) is 52.9. The van der Waals surface area contributed by atoms with Gasteiger partial charge < -0.3 is 85.7 Å². The molecule has 0 bridgehead atoms. The van der Waals surface area contributed by atoms with Crippen molar-refractivity contribution < 1.29 is 52.2 Å². The summed E-state index contributed by atoms with van der Waals surface area (Å²) in [5.41, 5.74) is 5.13. The second-order valence-electron chi connectivity index (χ2n) is 44.6. The van der Waals surface area contributed by atoms with E-state index >= 15 is 0 Å². The molecule has 36 nitrogen and oxygen atoms in total. The second-order valence-corrected chi connectivity index (χ2v) is 45.0. The number of carbonyl (C=O) groups excluding carboxylic acids is 7. The zero-order valence-corrected chi connectivity index (χ0v) is 94.8. The van der Waals surface area contributed by atoms with Crippen molar-refractivity contribution in [2.45, 2.75) is 358 Å². The molecule has 7 amide bonds. The maximum absolute atomic E-state index is 13.8. The van der Waals surface area contributed by atoms with Crippen LogP contribution < -0.4 is 51.4 Å². The smallest absolute Gasteiger partial charge is 0.289 e. The van der Waals surface area contributed by atoms with Gasteiger partial charge in [0.15, 0.2) is 11.5 Å². The molecule has 7 aromatic rings. The number of pyridine rings is 2. The molecule has 0 atom stereocenters. The van der Waals surface area contributed by atoms with Gasteiger partial charge in [0.1, 0.15) is 6.33 Å². The monoisotopic (exact) mass is 2060 g/mol. The highest BCUT2D eigenvalue weighted by Gasteiger charge is 2.41. The third-order valence-electron chi connectivity index (χ3n) is 29.9. The fraction of sp³-hybridized carbons (Fsp3) is 0.670. The number of likely N-dealkylation sites (tertiary alicyclic amines) is 7. The molecule has 7 aliphatic heterocycles. The number of ether oxygens (including phenoxy) is 3. The highest BCUT2D eigenvalue weighted by molar-refractivity contribution is 6.33. The average Bonchev–Trinajstić information content (AvgIpc) is 1.79. The number of nitrogens with zero attached hydrogens (tertiary/aromatic N) is 19. The van der Waals surface area contributed by atoms with Crippen LogP contribution in [0.2, 0.25) is 5.02 Å². The van der Waals surface area contributed by atoms with Gasteiger partial charge in [-0.15, -0.1) is 0 Å². The van der Waals surface area contributed by atoms with Crippen molar-refractivity contribution in [3.8, 4) is 17.6 Å². The lowest BCUT2D eigenvalue weighted by atomic mass is 9.88. The van der Waals surface area contributed by atoms with Crippen LogP contribution in [-0.4, -0.2) is 329 Å².